The summed E-state index contributed by atoms with van der Waals surface area (Å²) in [5.41, 5.74) is 0. The number of aromatic nitrogens is 2. The highest BCUT2D eigenvalue weighted by molar-refractivity contribution is 5.89. The van der Waals surface area contributed by atoms with Crippen LogP contribution in [0.25, 0.3) is 0 Å². The van der Waals surface area contributed by atoms with Crippen molar-refractivity contribution in [3.63, 3.8) is 0 Å². The quantitative estimate of drug-likeness (QED) is 0.818. The molecule has 2 atom stereocenters. The Hall–Kier alpha value is -1.44. The highest BCUT2D eigenvalue weighted by atomic mass is 19.4. The normalized spacial score (nSPS) is 15.4. The Bertz CT molecular complexity index is 417. The third-order valence-corrected chi connectivity index (χ3v) is 2.28. The van der Waals surface area contributed by atoms with Crippen LogP contribution < -0.4 is 0 Å². The highest BCUT2D eigenvalue weighted by Crippen LogP contribution is 2.27. The summed E-state index contributed by atoms with van der Waals surface area (Å²) in [6.45, 7) is 4.86. The number of carbonyl (C=O) groups excluding carboxylic acids is 1. The summed E-state index contributed by atoms with van der Waals surface area (Å²) in [5, 5.41) is 3.49. The molecule has 0 saturated carbocycles. The van der Waals surface area contributed by atoms with Crippen LogP contribution in [0.5, 0.6) is 0 Å². The third-order valence-electron chi connectivity index (χ3n) is 2.28. The number of alkyl halides is 3. The molecule has 1 rings (SSSR count). The van der Waals surface area contributed by atoms with Crippen molar-refractivity contribution in [2.75, 3.05) is 6.61 Å². The van der Waals surface area contributed by atoms with Crippen molar-refractivity contribution in [3.8, 4) is 0 Å². The number of halogens is 3. The van der Waals surface area contributed by atoms with E-state index in [2.05, 4.69) is 14.7 Å². The lowest BCUT2D eigenvalue weighted by Gasteiger charge is -2.08. The van der Waals surface area contributed by atoms with E-state index in [4.69, 9.17) is 4.74 Å². The van der Waals surface area contributed by atoms with Crippen molar-refractivity contribution in [3.05, 3.63) is 11.7 Å². The van der Waals surface area contributed by atoms with Crippen molar-refractivity contribution in [2.24, 2.45) is 0 Å². The van der Waals surface area contributed by atoms with Crippen LogP contribution in [0.2, 0.25) is 0 Å². The maximum atomic E-state index is 12.2. The number of Topliss-reactive ketones (excluding diaryl/α,β-unsaturated/α-hetero) is 1. The summed E-state index contributed by atoms with van der Waals surface area (Å²) in [6.07, 6.45) is -5.42. The van der Waals surface area contributed by atoms with Crippen molar-refractivity contribution < 1.29 is 27.2 Å². The van der Waals surface area contributed by atoms with E-state index in [1.807, 2.05) is 0 Å². The van der Waals surface area contributed by atoms with E-state index in [0.29, 0.717) is 6.61 Å². The molecule has 0 fully saturated rings. The second kappa shape index (κ2) is 5.47. The van der Waals surface area contributed by atoms with Crippen LogP contribution in [-0.4, -0.2) is 28.7 Å². The van der Waals surface area contributed by atoms with E-state index in [0.717, 1.165) is 6.92 Å². The van der Waals surface area contributed by atoms with Gasteiger partial charge in [-0.05, 0) is 20.8 Å². The van der Waals surface area contributed by atoms with Gasteiger partial charge in [-0.2, -0.15) is 18.2 Å². The smallest absolute Gasteiger partial charge is 0.371 e. The second-order valence-corrected chi connectivity index (χ2v) is 3.67. The molecule has 1 aromatic rings. The molecule has 0 saturated heterocycles. The predicted molar refractivity (Wildman–Crippen MR) is 53.8 cm³/mol. The van der Waals surface area contributed by atoms with Gasteiger partial charge in [-0.25, -0.2) is 0 Å². The zero-order chi connectivity index (χ0) is 13.9. The lowest BCUT2D eigenvalue weighted by Crippen LogP contribution is -2.27. The molecule has 5 nitrogen and oxygen atoms in total. The lowest BCUT2D eigenvalue weighted by atomic mass is 10.1. The number of nitrogens with zero attached hydrogens (tertiary/aromatic N) is 2. The van der Waals surface area contributed by atoms with Crippen LogP contribution in [0.3, 0.4) is 0 Å². The molecule has 2 unspecified atom stereocenters. The molecule has 0 spiro atoms. The molecule has 0 aromatic carbocycles. The number of carbonyl (C=O) groups is 1. The van der Waals surface area contributed by atoms with Gasteiger partial charge in [0.15, 0.2) is 5.82 Å². The molecule has 0 aliphatic carbocycles. The summed E-state index contributed by atoms with van der Waals surface area (Å²) in [6, 6.07) is 0. The average molecular weight is 266 g/mol. The van der Waals surface area contributed by atoms with Crippen molar-refractivity contribution in [1.82, 2.24) is 10.1 Å². The second-order valence-electron chi connectivity index (χ2n) is 3.67. The lowest BCUT2D eigenvalue weighted by molar-refractivity contribution is -0.172. The first-order chi connectivity index (χ1) is 8.27. The Morgan fingerprint density at radius 3 is 2.56 bits per heavy atom. The minimum atomic E-state index is -4.92. The van der Waals surface area contributed by atoms with Gasteiger partial charge < -0.3 is 9.26 Å². The van der Waals surface area contributed by atoms with Gasteiger partial charge in [-0.1, -0.05) is 5.16 Å². The van der Waals surface area contributed by atoms with Crippen molar-refractivity contribution in [1.29, 1.82) is 0 Å². The zero-order valence-electron chi connectivity index (χ0n) is 10.1. The third kappa shape index (κ3) is 3.28. The number of hydrogen-bond donors (Lipinski definition) is 0. The van der Waals surface area contributed by atoms with Crippen LogP contribution in [0.1, 0.15) is 44.5 Å². The molecule has 1 aromatic heterocycles. The molecule has 0 bridgehead atoms. The first-order valence-corrected chi connectivity index (χ1v) is 5.33. The van der Waals surface area contributed by atoms with Gasteiger partial charge in [0, 0.05) is 6.61 Å². The largest absolute Gasteiger partial charge is 0.450 e. The number of rotatable bonds is 5. The highest BCUT2D eigenvalue weighted by Gasteiger charge is 2.44. The topological polar surface area (TPSA) is 65.2 Å². The summed E-state index contributed by atoms with van der Waals surface area (Å²) in [7, 11) is 0. The summed E-state index contributed by atoms with van der Waals surface area (Å²) in [5.74, 6) is -3.67. The molecule has 8 heteroatoms. The molecule has 102 valence electrons. The van der Waals surface area contributed by atoms with Crippen LogP contribution in [0, 0.1) is 0 Å². The Morgan fingerprint density at radius 1 is 1.44 bits per heavy atom. The average Bonchev–Trinajstić information content (AvgIpc) is 2.75. The minimum Gasteiger partial charge on any atom is -0.371 e. The molecule has 0 aliphatic heterocycles. The number of ketones is 1. The Morgan fingerprint density at radius 2 is 2.06 bits per heavy atom. The van der Waals surface area contributed by atoms with Gasteiger partial charge in [0.1, 0.15) is 12.0 Å². The first kappa shape index (κ1) is 14.6. The van der Waals surface area contributed by atoms with E-state index < -0.39 is 24.0 Å². The maximum Gasteiger partial charge on any atom is 0.450 e. The molecule has 0 aliphatic rings. The molecule has 1 heterocycles. The van der Waals surface area contributed by atoms with Crippen molar-refractivity contribution >= 4 is 5.78 Å². The standard InChI is InChI=1S/C10H13F3N2O3/c1-4-17-6(3)8-14-9(18-15-8)5(2)7(16)10(11,12)13/h5-6H,4H2,1-3H3. The Balaban J connectivity index is 2.83. The molecule has 0 N–H and O–H groups in total. The number of ether oxygens (including phenoxy) is 1. The summed E-state index contributed by atoms with van der Waals surface area (Å²) < 4.78 is 46.4. The fourth-order valence-electron chi connectivity index (χ4n) is 1.27. The van der Waals surface area contributed by atoms with Gasteiger partial charge in [-0.15, -0.1) is 0 Å². The first-order valence-electron chi connectivity index (χ1n) is 5.33. The fourth-order valence-corrected chi connectivity index (χ4v) is 1.27. The number of hydrogen-bond acceptors (Lipinski definition) is 5. The van der Waals surface area contributed by atoms with E-state index in [1.165, 1.54) is 0 Å². The molecular weight excluding hydrogens is 253 g/mol. The Labute approximate surface area is 101 Å². The zero-order valence-corrected chi connectivity index (χ0v) is 10.1. The fraction of sp³-hybridized carbons (Fsp3) is 0.700. The molecular formula is C10H13F3N2O3. The van der Waals surface area contributed by atoms with E-state index in [-0.39, 0.29) is 11.7 Å². The van der Waals surface area contributed by atoms with Crippen LogP contribution in [-0.2, 0) is 9.53 Å². The molecule has 0 radical (unpaired) electrons. The van der Waals surface area contributed by atoms with Crippen LogP contribution >= 0.6 is 0 Å². The van der Waals surface area contributed by atoms with E-state index in [1.54, 1.807) is 13.8 Å². The van der Waals surface area contributed by atoms with Gasteiger partial charge in [-0.3, -0.25) is 4.79 Å². The van der Waals surface area contributed by atoms with Gasteiger partial charge in [0.25, 0.3) is 0 Å². The van der Waals surface area contributed by atoms with Gasteiger partial charge in [0.2, 0.25) is 11.7 Å². The predicted octanol–water partition coefficient (Wildman–Crippen LogP) is 2.40. The van der Waals surface area contributed by atoms with Gasteiger partial charge in [0.05, 0.1) is 0 Å². The van der Waals surface area contributed by atoms with Crippen molar-refractivity contribution in [2.45, 2.75) is 39.0 Å². The minimum absolute atomic E-state index is 0.119. The SMILES string of the molecule is CCOC(C)c1noc(C(C)C(=O)C(F)(F)F)n1. The van der Waals surface area contributed by atoms with E-state index in [9.17, 15) is 18.0 Å². The summed E-state index contributed by atoms with van der Waals surface area (Å²) in [4.78, 5) is 14.7. The van der Waals surface area contributed by atoms with Crippen LogP contribution in [0.15, 0.2) is 4.52 Å². The molecule has 18 heavy (non-hydrogen) atoms. The molecule has 0 amide bonds. The van der Waals surface area contributed by atoms with Crippen LogP contribution in [0.4, 0.5) is 13.2 Å². The van der Waals surface area contributed by atoms with E-state index >= 15 is 0 Å². The summed E-state index contributed by atoms with van der Waals surface area (Å²) >= 11 is 0. The maximum absolute atomic E-state index is 12.2. The monoisotopic (exact) mass is 266 g/mol. The van der Waals surface area contributed by atoms with Gasteiger partial charge >= 0.3 is 6.18 Å². The Kier molecular flexibility index (Phi) is 4.44.